The minimum absolute atomic E-state index is 0.0497. The molecule has 7 nitrogen and oxygen atoms in total. The van der Waals surface area contributed by atoms with Crippen molar-refractivity contribution >= 4 is 32.4 Å². The Morgan fingerprint density at radius 3 is 2.36 bits per heavy atom. The molecular weight excluding hydrogens is 403 g/mol. The van der Waals surface area contributed by atoms with E-state index in [9.17, 15) is 17.6 Å². The largest absolute Gasteiger partial charge is 0.303 e. The van der Waals surface area contributed by atoms with Crippen LogP contribution in [0.5, 0.6) is 0 Å². The summed E-state index contributed by atoms with van der Waals surface area (Å²) >= 11 is 1.28. The molecule has 2 aromatic rings. The first-order valence-corrected chi connectivity index (χ1v) is 11.3. The summed E-state index contributed by atoms with van der Waals surface area (Å²) in [5.41, 5.74) is 0.776. The van der Waals surface area contributed by atoms with E-state index in [2.05, 4.69) is 15.2 Å². The quantitative estimate of drug-likeness (QED) is 0.629. The van der Waals surface area contributed by atoms with Crippen LogP contribution in [0.2, 0.25) is 0 Å². The number of nitrogens with zero attached hydrogens (tertiary/aromatic N) is 3. The smallest absolute Gasteiger partial charge is 0.243 e. The average Bonchev–Trinajstić information content (AvgIpc) is 3.06. The number of hydrogen-bond donors (Lipinski definition) is 1. The van der Waals surface area contributed by atoms with Crippen LogP contribution in [-0.4, -0.2) is 61.2 Å². The van der Waals surface area contributed by atoms with E-state index in [0.717, 1.165) is 35.2 Å². The van der Waals surface area contributed by atoms with E-state index >= 15 is 0 Å². The molecule has 0 saturated carbocycles. The Balaban J connectivity index is 2.19. The summed E-state index contributed by atoms with van der Waals surface area (Å²) in [5.74, 6) is -0.995. The Kier molecular flexibility index (Phi) is 8.05. The number of aromatic nitrogens is 1. The van der Waals surface area contributed by atoms with E-state index in [0.29, 0.717) is 11.7 Å². The number of sulfonamides is 1. The Bertz CT molecular complexity index is 880. The summed E-state index contributed by atoms with van der Waals surface area (Å²) in [7, 11) is -3.95. The fraction of sp³-hybridized carbons (Fsp3) is 0.444. The molecule has 1 aromatic heterocycles. The molecule has 0 aliphatic heterocycles. The highest BCUT2D eigenvalue weighted by Crippen LogP contribution is 2.18. The van der Waals surface area contributed by atoms with Crippen molar-refractivity contribution in [2.24, 2.45) is 0 Å². The molecule has 0 bridgehead atoms. The lowest BCUT2D eigenvalue weighted by molar-refractivity contribution is -0.116. The predicted octanol–water partition coefficient (Wildman–Crippen LogP) is 2.56. The van der Waals surface area contributed by atoms with Gasteiger partial charge < -0.3 is 10.2 Å². The van der Waals surface area contributed by atoms with Crippen molar-refractivity contribution in [2.45, 2.75) is 25.7 Å². The van der Waals surface area contributed by atoms with Crippen LogP contribution in [0.15, 0.2) is 34.5 Å². The number of carbonyl (C=O) groups excluding carboxylic acids is 1. The van der Waals surface area contributed by atoms with Gasteiger partial charge in [-0.1, -0.05) is 13.8 Å². The predicted molar refractivity (Wildman–Crippen MR) is 108 cm³/mol. The number of anilines is 1. The summed E-state index contributed by atoms with van der Waals surface area (Å²) in [5, 5.41) is 4.85. The first-order valence-electron chi connectivity index (χ1n) is 8.96. The molecule has 0 aliphatic rings. The number of thiazole rings is 1. The highest BCUT2D eigenvalue weighted by Gasteiger charge is 2.27. The van der Waals surface area contributed by atoms with Gasteiger partial charge in [0.15, 0.2) is 5.13 Å². The number of hydrogen-bond acceptors (Lipinski definition) is 6. The van der Waals surface area contributed by atoms with Gasteiger partial charge in [0.2, 0.25) is 15.9 Å². The third kappa shape index (κ3) is 6.06. The summed E-state index contributed by atoms with van der Waals surface area (Å²) in [6, 6.07) is 4.59. The van der Waals surface area contributed by atoms with E-state index in [1.807, 2.05) is 20.8 Å². The summed E-state index contributed by atoms with van der Waals surface area (Å²) in [6.45, 7) is 7.60. The van der Waals surface area contributed by atoms with Crippen LogP contribution in [0.4, 0.5) is 9.52 Å². The summed E-state index contributed by atoms with van der Waals surface area (Å²) < 4.78 is 40.3. The number of amides is 1. The zero-order chi connectivity index (χ0) is 20.7. The molecule has 28 heavy (non-hydrogen) atoms. The van der Waals surface area contributed by atoms with Gasteiger partial charge in [-0.25, -0.2) is 17.8 Å². The van der Waals surface area contributed by atoms with Crippen molar-refractivity contribution < 1.29 is 17.6 Å². The first-order chi connectivity index (χ1) is 13.3. The topological polar surface area (TPSA) is 82.6 Å². The van der Waals surface area contributed by atoms with Crippen molar-refractivity contribution in [3.63, 3.8) is 0 Å². The minimum atomic E-state index is -3.95. The molecule has 1 N–H and O–H groups in total. The molecule has 0 atom stereocenters. The SMILES string of the molecule is CCN(CC)CCN(CC(=O)Nc1nc(C)cs1)S(=O)(=O)c1ccc(F)cc1. The van der Waals surface area contributed by atoms with Crippen molar-refractivity contribution in [1.29, 1.82) is 0 Å². The summed E-state index contributed by atoms with van der Waals surface area (Å²) in [6.07, 6.45) is 0. The average molecular weight is 429 g/mol. The van der Waals surface area contributed by atoms with Crippen LogP contribution in [0.25, 0.3) is 0 Å². The van der Waals surface area contributed by atoms with E-state index in [4.69, 9.17) is 0 Å². The van der Waals surface area contributed by atoms with Gasteiger partial charge in [-0.15, -0.1) is 11.3 Å². The standard InChI is InChI=1S/C18H25FN4O3S2/c1-4-22(5-2)10-11-23(12-17(24)21-18-20-14(3)13-27-18)28(25,26)16-8-6-15(19)7-9-16/h6-9,13H,4-5,10-12H2,1-3H3,(H,20,21,24). The van der Waals surface area contributed by atoms with Gasteiger partial charge in [-0.3, -0.25) is 4.79 Å². The van der Waals surface area contributed by atoms with Crippen LogP contribution in [-0.2, 0) is 14.8 Å². The van der Waals surface area contributed by atoms with Crippen molar-refractivity contribution in [3.8, 4) is 0 Å². The van der Waals surface area contributed by atoms with Gasteiger partial charge in [0.1, 0.15) is 5.82 Å². The molecule has 0 fully saturated rings. The van der Waals surface area contributed by atoms with E-state index in [-0.39, 0.29) is 18.0 Å². The van der Waals surface area contributed by atoms with Gasteiger partial charge in [-0.05, 0) is 44.3 Å². The van der Waals surface area contributed by atoms with Gasteiger partial charge in [0.05, 0.1) is 17.1 Å². The molecular formula is C18H25FN4O3S2. The van der Waals surface area contributed by atoms with Crippen molar-refractivity contribution in [1.82, 2.24) is 14.2 Å². The number of nitrogens with one attached hydrogen (secondary N) is 1. The third-order valence-corrected chi connectivity index (χ3v) is 6.93. The van der Waals surface area contributed by atoms with Crippen molar-refractivity contribution in [3.05, 3.63) is 41.2 Å². The van der Waals surface area contributed by atoms with E-state index in [1.165, 1.54) is 23.5 Å². The minimum Gasteiger partial charge on any atom is -0.303 e. The van der Waals surface area contributed by atoms with E-state index < -0.39 is 21.7 Å². The molecule has 1 heterocycles. The molecule has 0 aliphatic carbocycles. The normalized spacial score (nSPS) is 11.9. The maximum absolute atomic E-state index is 13.2. The first kappa shape index (κ1) is 22.4. The Hall–Kier alpha value is -1.88. The molecule has 0 radical (unpaired) electrons. The zero-order valence-corrected chi connectivity index (χ0v) is 17.8. The maximum atomic E-state index is 13.2. The molecule has 10 heteroatoms. The Labute approximate surface area is 169 Å². The lowest BCUT2D eigenvalue weighted by atomic mass is 10.4. The summed E-state index contributed by atoms with van der Waals surface area (Å²) in [4.78, 5) is 18.6. The molecule has 1 amide bonds. The maximum Gasteiger partial charge on any atom is 0.243 e. The number of aryl methyl sites for hydroxylation is 1. The van der Waals surface area contributed by atoms with Gasteiger partial charge in [0, 0.05) is 18.5 Å². The van der Waals surface area contributed by atoms with Gasteiger partial charge in [-0.2, -0.15) is 4.31 Å². The third-order valence-electron chi connectivity index (χ3n) is 4.20. The van der Waals surface area contributed by atoms with Crippen molar-refractivity contribution in [2.75, 3.05) is 38.0 Å². The zero-order valence-electron chi connectivity index (χ0n) is 16.2. The number of halogens is 1. The second-order valence-electron chi connectivity index (χ2n) is 6.16. The molecule has 0 saturated heterocycles. The lowest BCUT2D eigenvalue weighted by Crippen LogP contribution is -2.42. The van der Waals surface area contributed by atoms with Crippen LogP contribution in [0.1, 0.15) is 19.5 Å². The number of benzene rings is 1. The van der Waals surface area contributed by atoms with Crippen LogP contribution in [0.3, 0.4) is 0 Å². The molecule has 1 aromatic carbocycles. The lowest BCUT2D eigenvalue weighted by Gasteiger charge is -2.25. The monoisotopic (exact) mass is 428 g/mol. The van der Waals surface area contributed by atoms with Crippen LogP contribution < -0.4 is 5.32 Å². The Morgan fingerprint density at radius 1 is 1.18 bits per heavy atom. The number of likely N-dealkylation sites (N-methyl/N-ethyl adjacent to an activating group) is 1. The van der Waals surface area contributed by atoms with Gasteiger partial charge >= 0.3 is 0 Å². The van der Waals surface area contributed by atoms with Gasteiger partial charge in [0.25, 0.3) is 0 Å². The second kappa shape index (κ2) is 10.1. The molecule has 0 spiro atoms. The molecule has 0 unspecified atom stereocenters. The van der Waals surface area contributed by atoms with Crippen LogP contribution >= 0.6 is 11.3 Å². The number of rotatable bonds is 10. The second-order valence-corrected chi connectivity index (χ2v) is 8.96. The fourth-order valence-corrected chi connectivity index (χ4v) is 4.65. The molecule has 154 valence electrons. The molecule has 2 rings (SSSR count). The fourth-order valence-electron chi connectivity index (χ4n) is 2.56. The Morgan fingerprint density at radius 2 is 1.82 bits per heavy atom. The van der Waals surface area contributed by atoms with Crippen LogP contribution in [0, 0.1) is 12.7 Å². The van der Waals surface area contributed by atoms with E-state index in [1.54, 1.807) is 5.38 Å². The highest BCUT2D eigenvalue weighted by atomic mass is 32.2. The highest BCUT2D eigenvalue weighted by molar-refractivity contribution is 7.89. The number of carbonyl (C=O) groups is 1.